The fraction of sp³-hybridized carbons (Fsp3) is 0.355. The van der Waals surface area contributed by atoms with Crippen LogP contribution >= 0.6 is 0 Å². The summed E-state index contributed by atoms with van der Waals surface area (Å²) in [5.74, 6) is 0.458. The number of nitrogens with zero attached hydrogens (tertiary/aromatic N) is 2. The Labute approximate surface area is 243 Å². The third-order valence-corrected chi connectivity index (χ3v) is 8.38. The van der Waals surface area contributed by atoms with E-state index in [-0.39, 0.29) is 29.0 Å². The van der Waals surface area contributed by atoms with E-state index in [1.54, 1.807) is 74.7 Å². The first-order chi connectivity index (χ1) is 19.5. The Balaban J connectivity index is 2.02. The molecule has 2 amide bonds. The molecule has 0 fully saturated rings. The molecule has 0 aliphatic heterocycles. The molecule has 1 N–H and O–H groups in total. The van der Waals surface area contributed by atoms with Gasteiger partial charge in [-0.3, -0.25) is 13.9 Å². The zero-order valence-corrected chi connectivity index (χ0v) is 25.3. The van der Waals surface area contributed by atoms with E-state index in [4.69, 9.17) is 9.47 Å². The molecule has 9 nitrogen and oxygen atoms in total. The third kappa shape index (κ3) is 8.23. The first-order valence-corrected chi connectivity index (χ1v) is 14.8. The van der Waals surface area contributed by atoms with Gasteiger partial charge < -0.3 is 19.7 Å². The monoisotopic (exact) mass is 581 g/mol. The van der Waals surface area contributed by atoms with Crippen LogP contribution in [0.4, 0.5) is 5.69 Å². The van der Waals surface area contributed by atoms with E-state index in [1.807, 2.05) is 20.8 Å². The van der Waals surface area contributed by atoms with Crippen molar-refractivity contribution in [2.75, 3.05) is 31.6 Å². The summed E-state index contributed by atoms with van der Waals surface area (Å²) in [7, 11) is -1.11. The highest BCUT2D eigenvalue weighted by molar-refractivity contribution is 7.92. The van der Waals surface area contributed by atoms with Gasteiger partial charge in [0.2, 0.25) is 11.8 Å². The number of benzene rings is 3. The summed E-state index contributed by atoms with van der Waals surface area (Å²) in [5, 5.41) is 2.88. The normalized spacial score (nSPS) is 12.0. The van der Waals surface area contributed by atoms with Crippen LogP contribution in [0.5, 0.6) is 11.5 Å². The molecule has 0 bridgehead atoms. The molecule has 0 unspecified atom stereocenters. The lowest BCUT2D eigenvalue weighted by molar-refractivity contribution is -0.139. The summed E-state index contributed by atoms with van der Waals surface area (Å²) in [4.78, 5) is 28.6. The Morgan fingerprint density at radius 3 is 2.10 bits per heavy atom. The van der Waals surface area contributed by atoms with Crippen molar-refractivity contribution in [1.82, 2.24) is 10.2 Å². The zero-order valence-electron chi connectivity index (χ0n) is 24.5. The van der Waals surface area contributed by atoms with Crippen LogP contribution in [0.2, 0.25) is 0 Å². The smallest absolute Gasteiger partial charge is 0.264 e. The van der Waals surface area contributed by atoms with Gasteiger partial charge in [-0.1, -0.05) is 49.7 Å². The molecule has 0 aromatic heterocycles. The Hall–Kier alpha value is -4.05. The predicted molar refractivity (Wildman–Crippen MR) is 160 cm³/mol. The SMILES string of the molecule is COc1ccc(CN(C(=O)CN(c2cccc(OC)c2)S(=O)(=O)c2ccc(C)cc2)[C@H](C)C(=O)NCC(C)C)cc1. The van der Waals surface area contributed by atoms with Gasteiger partial charge in [0.05, 0.1) is 24.8 Å². The number of aryl methyl sites for hydroxylation is 1. The summed E-state index contributed by atoms with van der Waals surface area (Å²) in [5.41, 5.74) is 1.93. The summed E-state index contributed by atoms with van der Waals surface area (Å²) < 4.78 is 39.5. The first kappa shape index (κ1) is 31.5. The van der Waals surface area contributed by atoms with Crippen LogP contribution in [0.25, 0.3) is 0 Å². The summed E-state index contributed by atoms with van der Waals surface area (Å²) in [6.07, 6.45) is 0. The second kappa shape index (κ2) is 14.0. The summed E-state index contributed by atoms with van der Waals surface area (Å²) in [6.45, 7) is 7.48. The molecule has 0 aliphatic carbocycles. The molecule has 0 aliphatic rings. The minimum atomic E-state index is -4.16. The first-order valence-electron chi connectivity index (χ1n) is 13.4. The quantitative estimate of drug-likeness (QED) is 0.321. The van der Waals surface area contributed by atoms with Crippen LogP contribution in [0.1, 0.15) is 31.9 Å². The molecule has 0 radical (unpaired) electrons. The fourth-order valence-electron chi connectivity index (χ4n) is 4.09. The van der Waals surface area contributed by atoms with E-state index >= 15 is 0 Å². The van der Waals surface area contributed by atoms with Gasteiger partial charge in [0, 0.05) is 19.2 Å². The second-order valence-electron chi connectivity index (χ2n) is 10.2. The Morgan fingerprint density at radius 2 is 1.51 bits per heavy atom. The lowest BCUT2D eigenvalue weighted by atomic mass is 10.1. The molecular formula is C31H39N3O6S. The van der Waals surface area contributed by atoms with E-state index in [0.717, 1.165) is 15.4 Å². The molecule has 3 aromatic rings. The molecule has 41 heavy (non-hydrogen) atoms. The average molecular weight is 582 g/mol. The Kier molecular flexibility index (Phi) is 10.8. The number of rotatable bonds is 13. The maximum atomic E-state index is 14.0. The van der Waals surface area contributed by atoms with Crippen molar-refractivity contribution in [2.45, 2.75) is 45.2 Å². The van der Waals surface area contributed by atoms with E-state index in [2.05, 4.69) is 5.32 Å². The zero-order chi connectivity index (χ0) is 30.2. The van der Waals surface area contributed by atoms with Gasteiger partial charge in [-0.25, -0.2) is 8.42 Å². The topological polar surface area (TPSA) is 105 Å². The minimum absolute atomic E-state index is 0.0446. The van der Waals surface area contributed by atoms with E-state index in [0.29, 0.717) is 18.0 Å². The van der Waals surface area contributed by atoms with E-state index < -0.39 is 28.5 Å². The van der Waals surface area contributed by atoms with Gasteiger partial charge in [0.1, 0.15) is 24.1 Å². The van der Waals surface area contributed by atoms with Gasteiger partial charge in [0.15, 0.2) is 0 Å². The van der Waals surface area contributed by atoms with Crippen LogP contribution in [-0.2, 0) is 26.2 Å². The lowest BCUT2D eigenvalue weighted by Crippen LogP contribution is -2.51. The van der Waals surface area contributed by atoms with Crippen LogP contribution in [0.15, 0.2) is 77.7 Å². The maximum absolute atomic E-state index is 14.0. The van der Waals surface area contributed by atoms with E-state index in [9.17, 15) is 18.0 Å². The number of sulfonamides is 1. The van der Waals surface area contributed by atoms with Crippen LogP contribution in [-0.4, -0.2) is 58.5 Å². The molecule has 0 spiro atoms. The number of carbonyl (C=O) groups is 2. The van der Waals surface area contributed by atoms with Crippen molar-refractivity contribution in [3.8, 4) is 11.5 Å². The molecule has 0 saturated carbocycles. The fourth-order valence-corrected chi connectivity index (χ4v) is 5.50. The number of ether oxygens (including phenoxy) is 2. The molecule has 10 heteroatoms. The minimum Gasteiger partial charge on any atom is -0.497 e. The second-order valence-corrected chi connectivity index (χ2v) is 12.1. The van der Waals surface area contributed by atoms with E-state index in [1.165, 1.54) is 24.1 Å². The molecule has 3 rings (SSSR count). The molecular weight excluding hydrogens is 542 g/mol. The van der Waals surface area contributed by atoms with Gasteiger partial charge in [-0.2, -0.15) is 0 Å². The Bertz CT molecular complexity index is 1420. The number of amides is 2. The highest BCUT2D eigenvalue weighted by Crippen LogP contribution is 2.28. The van der Waals surface area contributed by atoms with Crippen molar-refractivity contribution in [3.05, 3.63) is 83.9 Å². The number of hydrogen-bond acceptors (Lipinski definition) is 6. The number of carbonyl (C=O) groups excluding carboxylic acids is 2. The van der Waals surface area contributed by atoms with Crippen molar-refractivity contribution in [3.63, 3.8) is 0 Å². The third-order valence-electron chi connectivity index (χ3n) is 6.59. The molecule has 220 valence electrons. The van der Waals surface area contributed by atoms with Gasteiger partial charge in [0.25, 0.3) is 10.0 Å². The maximum Gasteiger partial charge on any atom is 0.264 e. The van der Waals surface area contributed by atoms with Crippen LogP contribution < -0.4 is 19.1 Å². The van der Waals surface area contributed by atoms with Gasteiger partial charge in [-0.05, 0) is 61.7 Å². The van der Waals surface area contributed by atoms with Crippen LogP contribution in [0.3, 0.4) is 0 Å². The highest BCUT2D eigenvalue weighted by Gasteiger charge is 2.32. The number of hydrogen-bond donors (Lipinski definition) is 1. The summed E-state index contributed by atoms with van der Waals surface area (Å²) >= 11 is 0. The van der Waals surface area contributed by atoms with Crippen molar-refractivity contribution in [2.24, 2.45) is 5.92 Å². The standard InChI is InChI=1S/C31H39N3O6S/c1-22(2)19-32-31(36)24(4)33(20-25-12-14-27(39-5)15-13-25)30(35)21-34(26-8-7-9-28(18-26)40-6)41(37,38)29-16-10-23(3)11-17-29/h7-18,22,24H,19-21H2,1-6H3,(H,32,36)/t24-/m1/s1. The summed E-state index contributed by atoms with van der Waals surface area (Å²) in [6, 6.07) is 19.2. The molecule has 0 heterocycles. The number of methoxy groups -OCH3 is 2. The van der Waals surface area contributed by atoms with Crippen molar-refractivity contribution in [1.29, 1.82) is 0 Å². The largest absolute Gasteiger partial charge is 0.497 e. The predicted octanol–water partition coefficient (Wildman–Crippen LogP) is 4.40. The highest BCUT2D eigenvalue weighted by atomic mass is 32.2. The number of nitrogens with one attached hydrogen (secondary N) is 1. The van der Waals surface area contributed by atoms with Gasteiger partial charge in [-0.15, -0.1) is 0 Å². The Morgan fingerprint density at radius 1 is 0.878 bits per heavy atom. The lowest BCUT2D eigenvalue weighted by Gasteiger charge is -2.32. The van der Waals surface area contributed by atoms with Gasteiger partial charge >= 0.3 is 0 Å². The molecule has 3 aromatic carbocycles. The van der Waals surface area contributed by atoms with Crippen molar-refractivity contribution < 1.29 is 27.5 Å². The average Bonchev–Trinajstić information content (AvgIpc) is 2.97. The molecule has 1 atom stereocenters. The molecule has 0 saturated heterocycles. The number of anilines is 1. The van der Waals surface area contributed by atoms with Crippen molar-refractivity contribution >= 4 is 27.5 Å². The van der Waals surface area contributed by atoms with Crippen LogP contribution in [0, 0.1) is 12.8 Å².